The molecule has 0 spiro atoms. The molecule has 0 atom stereocenters. The van der Waals surface area contributed by atoms with Gasteiger partial charge in [0.2, 0.25) is 0 Å². The van der Waals surface area contributed by atoms with Gasteiger partial charge in [-0.25, -0.2) is 0 Å². The molecule has 0 saturated heterocycles. The second kappa shape index (κ2) is 17.8. The zero-order valence-electron chi connectivity index (χ0n) is 16.7. The number of unbranched alkanes of at least 4 members (excludes halogenated alkanes) is 13. The maximum absolute atomic E-state index is 9.10. The van der Waals surface area contributed by atoms with Crippen LogP contribution in [-0.2, 0) is 12.8 Å². The maximum atomic E-state index is 9.10. The van der Waals surface area contributed by atoms with Crippen LogP contribution in [0.25, 0.3) is 0 Å². The Morgan fingerprint density at radius 3 is 1.69 bits per heavy atom. The first-order valence-corrected chi connectivity index (χ1v) is 11.5. The van der Waals surface area contributed by atoms with Crippen LogP contribution < -0.4 is 0 Å². The van der Waals surface area contributed by atoms with Crippen molar-refractivity contribution in [2.24, 2.45) is 0 Å². The molecule has 1 aromatic rings. The van der Waals surface area contributed by atoms with E-state index in [4.69, 9.17) is 16.7 Å². The zero-order valence-corrected chi connectivity index (χ0v) is 17.5. The molecular weight excluding hydrogens is 342 g/mol. The van der Waals surface area contributed by atoms with Crippen molar-refractivity contribution in [1.29, 1.82) is 0 Å². The number of halogens is 1. The number of hydrogen-bond donors (Lipinski definition) is 1. The fourth-order valence-corrected chi connectivity index (χ4v) is 3.75. The summed E-state index contributed by atoms with van der Waals surface area (Å²) in [5.74, 6) is 0.828. The van der Waals surface area contributed by atoms with Crippen LogP contribution in [0.15, 0.2) is 18.3 Å². The molecule has 0 aliphatic rings. The molecule has 150 valence electrons. The van der Waals surface area contributed by atoms with E-state index < -0.39 is 0 Å². The molecule has 0 saturated carbocycles. The van der Waals surface area contributed by atoms with Gasteiger partial charge in [0.15, 0.2) is 0 Å². The van der Waals surface area contributed by atoms with Crippen LogP contribution in [0.3, 0.4) is 0 Å². The third-order valence-corrected chi connectivity index (χ3v) is 5.43. The summed E-state index contributed by atoms with van der Waals surface area (Å²) in [6.45, 7) is 0.193. The minimum Gasteiger partial charge on any atom is -0.396 e. The van der Waals surface area contributed by atoms with Gasteiger partial charge < -0.3 is 5.11 Å². The number of pyridine rings is 1. The van der Waals surface area contributed by atoms with Crippen molar-refractivity contribution in [2.45, 2.75) is 103 Å². The molecule has 0 unspecified atom stereocenters. The van der Waals surface area contributed by atoms with Crippen LogP contribution >= 0.6 is 11.6 Å². The number of aromatic nitrogens is 1. The molecular formula is C23H40ClNO. The summed E-state index contributed by atoms with van der Waals surface area (Å²) in [6, 6.07) is 4.17. The second-order valence-corrected chi connectivity index (χ2v) is 7.85. The number of aliphatic hydroxyl groups excluding tert-OH is 1. The molecule has 0 aliphatic carbocycles. The Bertz CT molecular complexity index is 424. The standard InChI is InChI=1S/C23H40ClNO/c24-19-14-12-10-8-6-4-2-1-3-5-7-9-11-13-16-22-17-15-20-25-23(22)18-21-26/h15,17,20,26H,1-14,16,18-19,21H2. The van der Waals surface area contributed by atoms with E-state index in [0.29, 0.717) is 6.42 Å². The first kappa shape index (κ1) is 23.4. The van der Waals surface area contributed by atoms with E-state index in [-0.39, 0.29) is 6.61 Å². The molecule has 3 heteroatoms. The van der Waals surface area contributed by atoms with Gasteiger partial charge in [-0.05, 0) is 30.9 Å². The first-order chi connectivity index (χ1) is 12.9. The van der Waals surface area contributed by atoms with Crippen molar-refractivity contribution < 1.29 is 5.11 Å². The van der Waals surface area contributed by atoms with Gasteiger partial charge >= 0.3 is 0 Å². The van der Waals surface area contributed by atoms with Crippen molar-refractivity contribution >= 4 is 11.6 Å². The molecule has 1 N–H and O–H groups in total. The lowest BCUT2D eigenvalue weighted by atomic mass is 10.0. The summed E-state index contributed by atoms with van der Waals surface area (Å²) in [5.41, 5.74) is 2.40. The highest BCUT2D eigenvalue weighted by Gasteiger charge is 2.02. The quantitative estimate of drug-likeness (QED) is 0.222. The molecule has 0 aromatic carbocycles. The normalized spacial score (nSPS) is 11.2. The van der Waals surface area contributed by atoms with Crippen LogP contribution in [0.5, 0.6) is 0 Å². The molecule has 2 nitrogen and oxygen atoms in total. The van der Waals surface area contributed by atoms with Gasteiger partial charge in [-0.15, -0.1) is 11.6 Å². The third kappa shape index (κ3) is 12.7. The van der Waals surface area contributed by atoms with E-state index in [0.717, 1.165) is 18.0 Å². The molecule has 0 amide bonds. The maximum Gasteiger partial charge on any atom is 0.0486 e. The molecule has 0 bridgehead atoms. The average molecular weight is 382 g/mol. The topological polar surface area (TPSA) is 33.1 Å². The molecule has 0 aliphatic heterocycles. The van der Waals surface area contributed by atoms with E-state index in [2.05, 4.69) is 11.1 Å². The van der Waals surface area contributed by atoms with Crippen LogP contribution in [0, 0.1) is 0 Å². The SMILES string of the molecule is OCCc1ncccc1CCCCCCCCCCCCCCCCCl. The highest BCUT2D eigenvalue weighted by molar-refractivity contribution is 6.17. The van der Waals surface area contributed by atoms with Crippen LogP contribution in [-0.4, -0.2) is 22.6 Å². The molecule has 1 rings (SSSR count). The smallest absolute Gasteiger partial charge is 0.0486 e. The minimum atomic E-state index is 0.193. The Morgan fingerprint density at radius 2 is 1.19 bits per heavy atom. The monoisotopic (exact) mass is 381 g/mol. The summed E-state index contributed by atoms with van der Waals surface area (Å²) >= 11 is 5.69. The Kier molecular flexibility index (Phi) is 16.0. The van der Waals surface area contributed by atoms with Crippen molar-refractivity contribution in [1.82, 2.24) is 4.98 Å². The Morgan fingerprint density at radius 1 is 0.692 bits per heavy atom. The van der Waals surface area contributed by atoms with Crippen molar-refractivity contribution in [2.75, 3.05) is 12.5 Å². The van der Waals surface area contributed by atoms with E-state index in [9.17, 15) is 0 Å². The highest BCUT2D eigenvalue weighted by atomic mass is 35.5. The van der Waals surface area contributed by atoms with Gasteiger partial charge in [0.1, 0.15) is 0 Å². The number of hydrogen-bond acceptors (Lipinski definition) is 2. The number of nitrogens with zero attached hydrogens (tertiary/aromatic N) is 1. The molecule has 0 fully saturated rings. The summed E-state index contributed by atoms with van der Waals surface area (Å²) < 4.78 is 0. The molecule has 26 heavy (non-hydrogen) atoms. The molecule has 1 heterocycles. The van der Waals surface area contributed by atoms with Crippen molar-refractivity contribution in [3.8, 4) is 0 Å². The number of alkyl halides is 1. The molecule has 0 radical (unpaired) electrons. The largest absolute Gasteiger partial charge is 0.396 e. The predicted octanol–water partition coefficient (Wildman–Crippen LogP) is 6.86. The third-order valence-electron chi connectivity index (χ3n) is 5.16. The molecule has 1 aromatic heterocycles. The Hall–Kier alpha value is -0.600. The van der Waals surface area contributed by atoms with Gasteiger partial charge in [-0.1, -0.05) is 83.1 Å². The second-order valence-electron chi connectivity index (χ2n) is 7.47. The first-order valence-electron chi connectivity index (χ1n) is 11.0. The van der Waals surface area contributed by atoms with Gasteiger partial charge in [-0.3, -0.25) is 4.98 Å². The van der Waals surface area contributed by atoms with Crippen molar-refractivity contribution in [3.05, 3.63) is 29.6 Å². The van der Waals surface area contributed by atoms with Gasteiger partial charge in [0, 0.05) is 30.8 Å². The highest BCUT2D eigenvalue weighted by Crippen LogP contribution is 2.15. The van der Waals surface area contributed by atoms with Gasteiger partial charge in [0.05, 0.1) is 0 Å². The summed E-state index contributed by atoms with van der Waals surface area (Å²) in [4.78, 5) is 4.39. The number of rotatable bonds is 18. The van der Waals surface area contributed by atoms with Gasteiger partial charge in [-0.2, -0.15) is 0 Å². The summed E-state index contributed by atoms with van der Waals surface area (Å²) in [5, 5.41) is 9.10. The predicted molar refractivity (Wildman–Crippen MR) is 114 cm³/mol. The lowest BCUT2D eigenvalue weighted by Gasteiger charge is -2.07. The number of aryl methyl sites for hydroxylation is 1. The average Bonchev–Trinajstić information content (AvgIpc) is 2.66. The van der Waals surface area contributed by atoms with E-state index in [1.54, 1.807) is 0 Å². The van der Waals surface area contributed by atoms with E-state index in [1.165, 1.54) is 95.5 Å². The van der Waals surface area contributed by atoms with Gasteiger partial charge in [0.25, 0.3) is 0 Å². The van der Waals surface area contributed by atoms with Crippen molar-refractivity contribution in [3.63, 3.8) is 0 Å². The Labute approximate surface area is 166 Å². The lowest BCUT2D eigenvalue weighted by Crippen LogP contribution is -2.00. The summed E-state index contributed by atoms with van der Waals surface area (Å²) in [6.07, 6.45) is 22.7. The van der Waals surface area contributed by atoms with Crippen LogP contribution in [0.1, 0.15) is 101 Å². The minimum absolute atomic E-state index is 0.193. The van der Waals surface area contributed by atoms with Crippen LogP contribution in [0.2, 0.25) is 0 Å². The zero-order chi connectivity index (χ0) is 18.7. The van der Waals surface area contributed by atoms with E-state index in [1.807, 2.05) is 12.3 Å². The van der Waals surface area contributed by atoms with E-state index >= 15 is 0 Å². The fraction of sp³-hybridized carbons (Fsp3) is 0.783. The lowest BCUT2D eigenvalue weighted by molar-refractivity contribution is 0.297. The summed E-state index contributed by atoms with van der Waals surface area (Å²) in [7, 11) is 0. The Balaban J connectivity index is 1.85. The fourth-order valence-electron chi connectivity index (χ4n) is 3.56. The van der Waals surface area contributed by atoms with Crippen LogP contribution in [0.4, 0.5) is 0 Å². The number of aliphatic hydroxyl groups is 1.